The maximum Gasteiger partial charge on any atom is 0.344 e. The Morgan fingerprint density at radius 2 is 1.58 bits per heavy atom. The van der Waals surface area contributed by atoms with E-state index < -0.39 is 25.0 Å². The van der Waals surface area contributed by atoms with Gasteiger partial charge in [0.2, 0.25) is 0 Å². The van der Waals surface area contributed by atoms with Crippen LogP contribution in [0.2, 0.25) is 20.1 Å². The quantitative estimate of drug-likeness (QED) is 0.493. The van der Waals surface area contributed by atoms with Gasteiger partial charge in [0.1, 0.15) is 5.75 Å². The van der Waals surface area contributed by atoms with E-state index in [0.717, 1.165) is 0 Å². The molecule has 2 aromatic carbocycles. The summed E-state index contributed by atoms with van der Waals surface area (Å²) in [5.74, 6) is -0.838. The second-order valence-electron chi connectivity index (χ2n) is 4.58. The number of esters is 1. The minimum Gasteiger partial charge on any atom is -0.480 e. The zero-order chi connectivity index (χ0) is 17.7. The molecule has 0 amide bonds. The molecule has 0 aliphatic heterocycles. The lowest BCUT2D eigenvalue weighted by Crippen LogP contribution is -2.19. The summed E-state index contributed by atoms with van der Waals surface area (Å²) in [6, 6.07) is 8.97. The number of hydrogen-bond acceptors (Lipinski definition) is 4. The van der Waals surface area contributed by atoms with Gasteiger partial charge in [-0.2, -0.15) is 0 Å². The van der Waals surface area contributed by atoms with Gasteiger partial charge in [0.25, 0.3) is 0 Å². The van der Waals surface area contributed by atoms with Crippen LogP contribution in [-0.2, 0) is 9.53 Å². The smallest absolute Gasteiger partial charge is 0.344 e. The molecule has 0 unspecified atom stereocenters. The molecule has 0 N–H and O–H groups in total. The molecular weight excluding hydrogens is 398 g/mol. The molecular formula is C16H10Cl4O4. The van der Waals surface area contributed by atoms with E-state index in [1.165, 1.54) is 30.3 Å². The van der Waals surface area contributed by atoms with Crippen molar-refractivity contribution in [2.45, 2.75) is 0 Å². The summed E-state index contributed by atoms with van der Waals surface area (Å²) < 4.78 is 10.1. The van der Waals surface area contributed by atoms with Gasteiger partial charge in [-0.3, -0.25) is 4.79 Å². The van der Waals surface area contributed by atoms with E-state index in [1.54, 1.807) is 6.07 Å². The largest absolute Gasteiger partial charge is 0.480 e. The minimum absolute atomic E-state index is 0.245. The van der Waals surface area contributed by atoms with Crippen LogP contribution in [0.15, 0.2) is 36.4 Å². The molecule has 0 saturated carbocycles. The molecule has 0 bridgehead atoms. The highest BCUT2D eigenvalue weighted by Gasteiger charge is 2.13. The number of rotatable bonds is 6. The van der Waals surface area contributed by atoms with Gasteiger partial charge < -0.3 is 9.47 Å². The van der Waals surface area contributed by atoms with Crippen LogP contribution in [0.5, 0.6) is 5.75 Å². The molecule has 126 valence electrons. The summed E-state index contributed by atoms with van der Waals surface area (Å²) in [5.41, 5.74) is 0.291. The number of ether oxygens (including phenoxy) is 2. The minimum atomic E-state index is -0.713. The summed E-state index contributed by atoms with van der Waals surface area (Å²) in [4.78, 5) is 23.6. The lowest BCUT2D eigenvalue weighted by molar-refractivity contribution is -0.144. The highest BCUT2D eigenvalue weighted by atomic mass is 35.5. The Labute approximate surface area is 158 Å². The van der Waals surface area contributed by atoms with E-state index in [2.05, 4.69) is 0 Å². The second kappa shape index (κ2) is 8.58. The molecule has 2 rings (SSSR count). The Hall–Kier alpha value is -1.46. The molecule has 0 fully saturated rings. The van der Waals surface area contributed by atoms with Crippen molar-refractivity contribution >= 4 is 58.2 Å². The van der Waals surface area contributed by atoms with Gasteiger partial charge in [0.15, 0.2) is 19.0 Å². The number of hydrogen-bond donors (Lipinski definition) is 0. The van der Waals surface area contributed by atoms with E-state index in [9.17, 15) is 9.59 Å². The number of Topliss-reactive ketones (excluding diaryl/α,β-unsaturated/α-hetero) is 1. The number of ketones is 1. The summed E-state index contributed by atoms with van der Waals surface area (Å²) in [6.07, 6.45) is 0. The topological polar surface area (TPSA) is 52.6 Å². The van der Waals surface area contributed by atoms with Crippen LogP contribution in [0, 0.1) is 0 Å². The fourth-order valence-electron chi connectivity index (χ4n) is 1.67. The van der Waals surface area contributed by atoms with E-state index in [0.29, 0.717) is 15.6 Å². The maximum absolute atomic E-state index is 11.9. The highest BCUT2D eigenvalue weighted by Crippen LogP contribution is 2.27. The Bertz CT molecular complexity index is 777. The van der Waals surface area contributed by atoms with Crippen molar-refractivity contribution in [1.29, 1.82) is 0 Å². The Balaban J connectivity index is 1.84. The predicted molar refractivity (Wildman–Crippen MR) is 93.7 cm³/mol. The summed E-state index contributed by atoms with van der Waals surface area (Å²) >= 11 is 23.3. The van der Waals surface area contributed by atoms with Crippen molar-refractivity contribution < 1.29 is 19.1 Å². The van der Waals surface area contributed by atoms with Crippen molar-refractivity contribution in [3.05, 3.63) is 62.1 Å². The van der Waals surface area contributed by atoms with E-state index in [-0.39, 0.29) is 15.8 Å². The van der Waals surface area contributed by atoms with Crippen molar-refractivity contribution in [3.63, 3.8) is 0 Å². The van der Waals surface area contributed by atoms with E-state index >= 15 is 0 Å². The summed E-state index contributed by atoms with van der Waals surface area (Å²) in [6.45, 7) is -0.829. The van der Waals surface area contributed by atoms with Gasteiger partial charge in [-0.25, -0.2) is 4.79 Å². The molecule has 24 heavy (non-hydrogen) atoms. The fraction of sp³-hybridized carbons (Fsp3) is 0.125. The number of carbonyl (C=O) groups excluding carboxylic acids is 2. The summed E-state index contributed by atoms with van der Waals surface area (Å²) in [7, 11) is 0. The third-order valence-electron chi connectivity index (χ3n) is 2.85. The highest BCUT2D eigenvalue weighted by molar-refractivity contribution is 6.42. The van der Waals surface area contributed by atoms with Gasteiger partial charge in [0, 0.05) is 10.6 Å². The number of benzene rings is 2. The molecule has 0 aliphatic rings. The van der Waals surface area contributed by atoms with Crippen LogP contribution in [0.3, 0.4) is 0 Å². The first-order valence-corrected chi connectivity index (χ1v) is 8.09. The molecule has 0 aromatic heterocycles. The Morgan fingerprint density at radius 1 is 0.833 bits per heavy atom. The van der Waals surface area contributed by atoms with Crippen LogP contribution in [0.4, 0.5) is 0 Å². The average molecular weight is 408 g/mol. The van der Waals surface area contributed by atoms with Gasteiger partial charge in [-0.1, -0.05) is 46.4 Å². The van der Waals surface area contributed by atoms with Crippen LogP contribution in [0.1, 0.15) is 10.4 Å². The third kappa shape index (κ3) is 5.28. The van der Waals surface area contributed by atoms with Crippen LogP contribution in [0.25, 0.3) is 0 Å². The van der Waals surface area contributed by atoms with Crippen molar-refractivity contribution in [2.24, 2.45) is 0 Å². The van der Waals surface area contributed by atoms with Crippen molar-refractivity contribution in [1.82, 2.24) is 0 Å². The molecule has 2 aromatic rings. The van der Waals surface area contributed by atoms with Gasteiger partial charge in [-0.05, 0) is 36.4 Å². The van der Waals surface area contributed by atoms with Crippen LogP contribution in [-0.4, -0.2) is 25.0 Å². The first-order valence-electron chi connectivity index (χ1n) is 6.58. The normalized spacial score (nSPS) is 10.3. The molecule has 0 saturated heterocycles. The second-order valence-corrected chi connectivity index (χ2v) is 6.23. The predicted octanol–water partition coefficient (Wildman–Crippen LogP) is 5.11. The van der Waals surface area contributed by atoms with E-state index in [4.69, 9.17) is 55.9 Å². The summed E-state index contributed by atoms with van der Waals surface area (Å²) in [5, 5.41) is 1.29. The van der Waals surface area contributed by atoms with Crippen LogP contribution < -0.4 is 4.74 Å². The lowest BCUT2D eigenvalue weighted by Gasteiger charge is -2.08. The Morgan fingerprint density at radius 3 is 2.25 bits per heavy atom. The average Bonchev–Trinajstić information content (AvgIpc) is 2.54. The van der Waals surface area contributed by atoms with E-state index in [1.807, 2.05) is 0 Å². The SMILES string of the molecule is O=C(COc1ccc(Cl)cc1Cl)OCC(=O)c1ccc(Cl)c(Cl)c1. The maximum atomic E-state index is 11.9. The molecule has 0 aliphatic carbocycles. The fourth-order valence-corrected chi connectivity index (χ4v) is 2.43. The van der Waals surface area contributed by atoms with Crippen molar-refractivity contribution in [3.8, 4) is 5.75 Å². The number of carbonyl (C=O) groups is 2. The molecule has 0 heterocycles. The third-order valence-corrected chi connectivity index (χ3v) is 4.11. The van der Waals surface area contributed by atoms with Gasteiger partial charge in [-0.15, -0.1) is 0 Å². The molecule has 0 atom stereocenters. The van der Waals surface area contributed by atoms with Gasteiger partial charge >= 0.3 is 5.97 Å². The first kappa shape index (κ1) is 18.9. The van der Waals surface area contributed by atoms with Crippen LogP contribution >= 0.6 is 46.4 Å². The lowest BCUT2D eigenvalue weighted by atomic mass is 10.1. The molecule has 0 radical (unpaired) electrons. The zero-order valence-corrected chi connectivity index (χ0v) is 15.0. The first-order chi connectivity index (χ1) is 11.4. The molecule has 8 heteroatoms. The number of halogens is 4. The zero-order valence-electron chi connectivity index (χ0n) is 12.0. The molecule has 4 nitrogen and oxygen atoms in total. The molecule has 0 spiro atoms. The van der Waals surface area contributed by atoms with Crippen molar-refractivity contribution in [2.75, 3.05) is 13.2 Å². The Kier molecular flexibility index (Phi) is 6.75. The van der Waals surface area contributed by atoms with Gasteiger partial charge in [0.05, 0.1) is 15.1 Å². The monoisotopic (exact) mass is 406 g/mol. The standard InChI is InChI=1S/C16H10Cl4O4/c17-10-2-4-15(13(20)6-10)23-8-16(22)24-7-14(21)9-1-3-11(18)12(19)5-9/h1-6H,7-8H2.